The number of phenolic OH excluding ortho intramolecular Hbond substituents is 1. The number of benzene rings is 1. The number of aryl methyl sites for hydroxylation is 2. The molecule has 3 N–H and O–H groups in total. The third-order valence-corrected chi connectivity index (χ3v) is 2.20. The van der Waals surface area contributed by atoms with Crippen LogP contribution in [0, 0.1) is 6.92 Å². The van der Waals surface area contributed by atoms with E-state index < -0.39 is 0 Å². The van der Waals surface area contributed by atoms with Crippen molar-refractivity contribution >= 4 is 0 Å². The summed E-state index contributed by atoms with van der Waals surface area (Å²) in [7, 11) is 0. The van der Waals surface area contributed by atoms with Crippen LogP contribution >= 0.6 is 0 Å². The minimum atomic E-state index is 0.224. The third-order valence-electron chi connectivity index (χ3n) is 2.20. The van der Waals surface area contributed by atoms with Crippen LogP contribution in [0.15, 0.2) is 18.2 Å². The van der Waals surface area contributed by atoms with Crippen LogP contribution in [0.2, 0.25) is 0 Å². The van der Waals surface area contributed by atoms with Crippen molar-refractivity contribution in [3.63, 3.8) is 0 Å². The van der Waals surface area contributed by atoms with Gasteiger partial charge in [-0.25, -0.2) is 0 Å². The number of phenols is 1. The maximum absolute atomic E-state index is 9.27. The molecule has 1 atom stereocenters. The lowest BCUT2D eigenvalue weighted by Crippen LogP contribution is -2.15. The second kappa shape index (κ2) is 4.28. The fourth-order valence-corrected chi connectivity index (χ4v) is 1.31. The molecular formula is C11H17NO. The van der Waals surface area contributed by atoms with E-state index in [-0.39, 0.29) is 6.04 Å². The van der Waals surface area contributed by atoms with Crippen LogP contribution in [0.5, 0.6) is 5.75 Å². The van der Waals surface area contributed by atoms with Gasteiger partial charge in [-0.05, 0) is 49.9 Å². The van der Waals surface area contributed by atoms with E-state index in [1.54, 1.807) is 6.07 Å². The van der Waals surface area contributed by atoms with Crippen molar-refractivity contribution in [2.24, 2.45) is 5.73 Å². The van der Waals surface area contributed by atoms with Crippen LogP contribution in [0.3, 0.4) is 0 Å². The van der Waals surface area contributed by atoms with Gasteiger partial charge in [-0.2, -0.15) is 0 Å². The van der Waals surface area contributed by atoms with Crippen molar-refractivity contribution in [3.8, 4) is 5.75 Å². The molecule has 0 aromatic heterocycles. The van der Waals surface area contributed by atoms with Crippen LogP contribution in [0.4, 0.5) is 0 Å². The average molecular weight is 179 g/mol. The zero-order valence-corrected chi connectivity index (χ0v) is 8.25. The second-order valence-electron chi connectivity index (χ2n) is 3.63. The normalized spacial score (nSPS) is 12.8. The maximum atomic E-state index is 9.27. The average Bonchev–Trinajstić information content (AvgIpc) is 2.06. The molecule has 72 valence electrons. The Kier molecular flexibility index (Phi) is 3.32. The first-order chi connectivity index (χ1) is 6.09. The Hall–Kier alpha value is -1.02. The Morgan fingerprint density at radius 2 is 2.15 bits per heavy atom. The van der Waals surface area contributed by atoms with Gasteiger partial charge in [0, 0.05) is 6.04 Å². The van der Waals surface area contributed by atoms with Gasteiger partial charge in [0.2, 0.25) is 0 Å². The standard InChI is InChI=1S/C11H17NO/c1-8-3-6-11(13)7-10(8)5-4-9(2)12/h3,6-7,9,13H,4-5,12H2,1-2H3. The molecule has 0 spiro atoms. The van der Waals surface area contributed by atoms with Crippen LogP contribution in [-0.2, 0) is 6.42 Å². The van der Waals surface area contributed by atoms with Gasteiger partial charge in [-0.15, -0.1) is 0 Å². The number of aromatic hydroxyl groups is 1. The molecule has 1 rings (SSSR count). The van der Waals surface area contributed by atoms with Gasteiger partial charge in [-0.3, -0.25) is 0 Å². The first-order valence-electron chi connectivity index (χ1n) is 4.63. The molecular weight excluding hydrogens is 162 g/mol. The quantitative estimate of drug-likeness (QED) is 0.745. The molecule has 1 aromatic carbocycles. The van der Waals surface area contributed by atoms with Gasteiger partial charge >= 0.3 is 0 Å². The molecule has 13 heavy (non-hydrogen) atoms. The summed E-state index contributed by atoms with van der Waals surface area (Å²) in [5.41, 5.74) is 8.08. The van der Waals surface area contributed by atoms with Crippen LogP contribution < -0.4 is 5.73 Å². The monoisotopic (exact) mass is 179 g/mol. The molecule has 0 saturated carbocycles. The van der Waals surface area contributed by atoms with Gasteiger partial charge in [0.25, 0.3) is 0 Å². The molecule has 1 aromatic rings. The molecule has 0 fully saturated rings. The molecule has 0 aliphatic carbocycles. The summed E-state index contributed by atoms with van der Waals surface area (Å²) in [4.78, 5) is 0. The Morgan fingerprint density at radius 3 is 2.77 bits per heavy atom. The highest BCUT2D eigenvalue weighted by Crippen LogP contribution is 2.17. The zero-order chi connectivity index (χ0) is 9.84. The van der Waals surface area contributed by atoms with Gasteiger partial charge < -0.3 is 10.8 Å². The van der Waals surface area contributed by atoms with Crippen molar-refractivity contribution in [2.75, 3.05) is 0 Å². The van der Waals surface area contributed by atoms with Crippen molar-refractivity contribution in [1.82, 2.24) is 0 Å². The SMILES string of the molecule is Cc1ccc(O)cc1CCC(C)N. The summed E-state index contributed by atoms with van der Waals surface area (Å²) in [5.74, 6) is 0.338. The summed E-state index contributed by atoms with van der Waals surface area (Å²) in [6.07, 6.45) is 1.90. The smallest absolute Gasteiger partial charge is 0.115 e. The highest BCUT2D eigenvalue weighted by molar-refractivity contribution is 5.34. The van der Waals surface area contributed by atoms with Crippen LogP contribution in [0.25, 0.3) is 0 Å². The van der Waals surface area contributed by atoms with Crippen molar-refractivity contribution in [1.29, 1.82) is 0 Å². The highest BCUT2D eigenvalue weighted by Gasteiger charge is 2.01. The zero-order valence-electron chi connectivity index (χ0n) is 8.25. The lowest BCUT2D eigenvalue weighted by molar-refractivity contribution is 0.474. The summed E-state index contributed by atoms with van der Waals surface area (Å²) in [6, 6.07) is 5.69. The van der Waals surface area contributed by atoms with Crippen molar-refractivity contribution in [3.05, 3.63) is 29.3 Å². The lowest BCUT2D eigenvalue weighted by Gasteiger charge is -2.08. The molecule has 0 saturated heterocycles. The summed E-state index contributed by atoms with van der Waals surface area (Å²) < 4.78 is 0. The number of nitrogens with two attached hydrogens (primary N) is 1. The predicted molar refractivity (Wildman–Crippen MR) is 54.8 cm³/mol. The van der Waals surface area contributed by atoms with E-state index >= 15 is 0 Å². The second-order valence-corrected chi connectivity index (χ2v) is 3.63. The minimum Gasteiger partial charge on any atom is -0.508 e. The first kappa shape index (κ1) is 10.1. The van der Waals surface area contributed by atoms with E-state index in [1.165, 1.54) is 11.1 Å². The van der Waals surface area contributed by atoms with Crippen molar-refractivity contribution in [2.45, 2.75) is 32.7 Å². The molecule has 0 radical (unpaired) electrons. The highest BCUT2D eigenvalue weighted by atomic mass is 16.3. The molecule has 0 amide bonds. The van der Waals surface area contributed by atoms with Crippen LogP contribution in [-0.4, -0.2) is 11.1 Å². The molecule has 0 aliphatic rings. The topological polar surface area (TPSA) is 46.2 Å². The van der Waals surface area contributed by atoms with E-state index in [0.29, 0.717) is 5.75 Å². The summed E-state index contributed by atoms with van der Waals surface area (Å²) >= 11 is 0. The summed E-state index contributed by atoms with van der Waals surface area (Å²) in [5, 5.41) is 9.27. The summed E-state index contributed by atoms with van der Waals surface area (Å²) in [6.45, 7) is 4.05. The van der Waals surface area contributed by atoms with Gasteiger partial charge in [-0.1, -0.05) is 6.07 Å². The molecule has 2 heteroatoms. The molecule has 0 bridgehead atoms. The first-order valence-corrected chi connectivity index (χ1v) is 4.63. The van der Waals surface area contributed by atoms with E-state index in [9.17, 15) is 5.11 Å². The Morgan fingerprint density at radius 1 is 1.46 bits per heavy atom. The van der Waals surface area contributed by atoms with E-state index in [0.717, 1.165) is 12.8 Å². The predicted octanol–water partition coefficient (Wildman–Crippen LogP) is 1.98. The van der Waals surface area contributed by atoms with Crippen LogP contribution in [0.1, 0.15) is 24.5 Å². The van der Waals surface area contributed by atoms with E-state index in [2.05, 4.69) is 6.92 Å². The Bertz CT molecular complexity index is 281. The molecule has 2 nitrogen and oxygen atoms in total. The third kappa shape index (κ3) is 3.07. The van der Waals surface area contributed by atoms with Crippen molar-refractivity contribution < 1.29 is 5.11 Å². The Labute approximate surface area is 79.4 Å². The number of hydrogen-bond donors (Lipinski definition) is 2. The molecule has 0 aliphatic heterocycles. The maximum Gasteiger partial charge on any atom is 0.115 e. The molecule has 0 heterocycles. The Balaban J connectivity index is 2.70. The van der Waals surface area contributed by atoms with Gasteiger partial charge in [0.05, 0.1) is 0 Å². The number of hydrogen-bond acceptors (Lipinski definition) is 2. The lowest BCUT2D eigenvalue weighted by atomic mass is 10.0. The van der Waals surface area contributed by atoms with Gasteiger partial charge in [0.15, 0.2) is 0 Å². The van der Waals surface area contributed by atoms with E-state index in [4.69, 9.17) is 5.73 Å². The van der Waals surface area contributed by atoms with Gasteiger partial charge in [0.1, 0.15) is 5.75 Å². The van der Waals surface area contributed by atoms with E-state index in [1.807, 2.05) is 19.1 Å². The minimum absolute atomic E-state index is 0.224. The largest absolute Gasteiger partial charge is 0.508 e. The number of rotatable bonds is 3. The fourth-order valence-electron chi connectivity index (χ4n) is 1.31. The molecule has 1 unspecified atom stereocenters. The fraction of sp³-hybridized carbons (Fsp3) is 0.455.